The maximum absolute atomic E-state index is 13.1. The number of benzene rings is 1. The Bertz CT molecular complexity index is 659. The Hall–Kier alpha value is -1.65. The fraction of sp³-hybridized carbons (Fsp3) is 0.312. The van der Waals surface area contributed by atoms with E-state index in [-0.39, 0.29) is 5.02 Å². The summed E-state index contributed by atoms with van der Waals surface area (Å²) >= 11 is 5.73. The minimum Gasteiger partial charge on any atom is -0.439 e. The topological polar surface area (TPSA) is 34.1 Å². The third-order valence-electron chi connectivity index (χ3n) is 3.44. The van der Waals surface area contributed by atoms with Gasteiger partial charge in [0.2, 0.25) is 5.88 Å². The Labute approximate surface area is 128 Å². The third-order valence-corrected chi connectivity index (χ3v) is 3.73. The number of halogens is 2. The van der Waals surface area contributed by atoms with Gasteiger partial charge in [0.05, 0.1) is 5.02 Å². The number of hydrogen-bond acceptors (Lipinski definition) is 3. The van der Waals surface area contributed by atoms with Crippen molar-refractivity contribution in [1.82, 2.24) is 10.3 Å². The predicted octanol–water partition coefficient (Wildman–Crippen LogP) is 4.23. The average Bonchev–Trinajstić information content (AvgIpc) is 3.26. The number of aromatic nitrogens is 1. The molecular formula is C16H16ClFN2O. The molecule has 0 aliphatic heterocycles. The first kappa shape index (κ1) is 14.3. The van der Waals surface area contributed by atoms with Crippen molar-refractivity contribution >= 4 is 11.6 Å². The zero-order valence-corrected chi connectivity index (χ0v) is 12.5. The van der Waals surface area contributed by atoms with Crippen LogP contribution in [-0.2, 0) is 6.54 Å². The second-order valence-corrected chi connectivity index (χ2v) is 5.63. The van der Waals surface area contributed by atoms with Crippen LogP contribution in [0.25, 0.3) is 0 Å². The normalized spacial score (nSPS) is 14.2. The first-order chi connectivity index (χ1) is 10.1. The molecule has 2 aromatic rings. The average molecular weight is 307 g/mol. The summed E-state index contributed by atoms with van der Waals surface area (Å²) in [5.74, 6) is 0.483. The van der Waals surface area contributed by atoms with E-state index in [9.17, 15) is 4.39 Å². The van der Waals surface area contributed by atoms with E-state index < -0.39 is 5.82 Å². The van der Waals surface area contributed by atoms with Crippen LogP contribution in [0.2, 0.25) is 5.02 Å². The summed E-state index contributed by atoms with van der Waals surface area (Å²) in [6.45, 7) is 2.78. The van der Waals surface area contributed by atoms with Gasteiger partial charge in [-0.05, 0) is 37.5 Å². The van der Waals surface area contributed by atoms with E-state index in [1.807, 2.05) is 19.1 Å². The molecule has 5 heteroatoms. The second kappa shape index (κ2) is 6.00. The maximum atomic E-state index is 13.1. The quantitative estimate of drug-likeness (QED) is 0.897. The van der Waals surface area contributed by atoms with E-state index in [1.54, 1.807) is 0 Å². The number of pyridine rings is 1. The van der Waals surface area contributed by atoms with E-state index in [0.29, 0.717) is 17.7 Å². The van der Waals surface area contributed by atoms with Crippen molar-refractivity contribution in [3.63, 3.8) is 0 Å². The van der Waals surface area contributed by atoms with Crippen molar-refractivity contribution in [2.24, 2.45) is 0 Å². The standard InChI is InChI=1S/C16H16ClFN2O/c1-10-11(9-19-12-3-4-12)2-7-16(20-10)21-13-5-6-15(18)14(17)8-13/h2,5-8,12,19H,3-4,9H2,1H3. The molecule has 0 bridgehead atoms. The minimum atomic E-state index is -0.463. The van der Waals surface area contributed by atoms with Crippen LogP contribution in [0, 0.1) is 12.7 Å². The summed E-state index contributed by atoms with van der Waals surface area (Å²) in [5.41, 5.74) is 2.08. The van der Waals surface area contributed by atoms with Crippen LogP contribution in [0.3, 0.4) is 0 Å². The number of nitrogens with one attached hydrogen (secondary N) is 1. The molecule has 1 N–H and O–H groups in total. The molecular weight excluding hydrogens is 291 g/mol. The molecule has 0 spiro atoms. The predicted molar refractivity (Wildman–Crippen MR) is 80.3 cm³/mol. The van der Waals surface area contributed by atoms with Gasteiger partial charge < -0.3 is 10.1 Å². The lowest BCUT2D eigenvalue weighted by Crippen LogP contribution is -2.16. The summed E-state index contributed by atoms with van der Waals surface area (Å²) < 4.78 is 18.7. The molecule has 1 heterocycles. The summed E-state index contributed by atoms with van der Waals surface area (Å²) in [4.78, 5) is 4.42. The second-order valence-electron chi connectivity index (χ2n) is 5.23. The van der Waals surface area contributed by atoms with Crippen molar-refractivity contribution in [3.8, 4) is 11.6 Å². The molecule has 1 aromatic carbocycles. The van der Waals surface area contributed by atoms with Crippen LogP contribution in [0.4, 0.5) is 4.39 Å². The number of hydrogen-bond donors (Lipinski definition) is 1. The third kappa shape index (κ3) is 3.71. The molecule has 3 rings (SSSR count). The number of rotatable bonds is 5. The van der Waals surface area contributed by atoms with Gasteiger partial charge in [-0.2, -0.15) is 0 Å². The van der Waals surface area contributed by atoms with Crippen LogP contribution < -0.4 is 10.1 Å². The Morgan fingerprint density at radius 3 is 2.81 bits per heavy atom. The molecule has 1 saturated carbocycles. The first-order valence-electron chi connectivity index (χ1n) is 6.94. The fourth-order valence-corrected chi connectivity index (χ4v) is 2.18. The SMILES string of the molecule is Cc1nc(Oc2ccc(F)c(Cl)c2)ccc1CNC1CC1. The summed E-state index contributed by atoms with van der Waals surface area (Å²) in [6, 6.07) is 8.73. The van der Waals surface area contributed by atoms with E-state index in [2.05, 4.69) is 10.3 Å². The summed E-state index contributed by atoms with van der Waals surface area (Å²) in [7, 11) is 0. The van der Waals surface area contributed by atoms with E-state index >= 15 is 0 Å². The zero-order valence-electron chi connectivity index (χ0n) is 11.7. The molecule has 0 amide bonds. The van der Waals surface area contributed by atoms with Crippen molar-refractivity contribution in [2.45, 2.75) is 32.4 Å². The highest BCUT2D eigenvalue weighted by Crippen LogP contribution is 2.26. The molecule has 3 nitrogen and oxygen atoms in total. The van der Waals surface area contributed by atoms with E-state index in [4.69, 9.17) is 16.3 Å². The Morgan fingerprint density at radius 1 is 1.33 bits per heavy atom. The van der Waals surface area contributed by atoms with Crippen LogP contribution >= 0.6 is 11.6 Å². The van der Waals surface area contributed by atoms with Gasteiger partial charge >= 0.3 is 0 Å². The smallest absolute Gasteiger partial charge is 0.219 e. The van der Waals surface area contributed by atoms with Crippen molar-refractivity contribution in [1.29, 1.82) is 0 Å². The van der Waals surface area contributed by atoms with Gasteiger partial charge in [-0.25, -0.2) is 9.37 Å². The van der Waals surface area contributed by atoms with E-state index in [1.165, 1.54) is 31.0 Å². The fourth-order valence-electron chi connectivity index (χ4n) is 2.01. The van der Waals surface area contributed by atoms with Crippen LogP contribution in [0.5, 0.6) is 11.6 Å². The molecule has 0 atom stereocenters. The summed E-state index contributed by atoms with van der Waals surface area (Å²) in [6.07, 6.45) is 2.53. The highest BCUT2D eigenvalue weighted by Gasteiger charge is 2.20. The molecule has 0 saturated heterocycles. The number of ether oxygens (including phenoxy) is 1. The van der Waals surface area contributed by atoms with Gasteiger partial charge in [-0.1, -0.05) is 17.7 Å². The highest BCUT2D eigenvalue weighted by molar-refractivity contribution is 6.30. The van der Waals surface area contributed by atoms with Gasteiger partial charge in [-0.15, -0.1) is 0 Å². The Balaban J connectivity index is 1.70. The summed E-state index contributed by atoms with van der Waals surface area (Å²) in [5, 5.41) is 3.49. The van der Waals surface area contributed by atoms with Gasteiger partial charge in [-0.3, -0.25) is 0 Å². The first-order valence-corrected chi connectivity index (χ1v) is 7.32. The van der Waals surface area contributed by atoms with Crippen molar-refractivity contribution in [3.05, 3.63) is 52.4 Å². The molecule has 1 aliphatic carbocycles. The van der Waals surface area contributed by atoms with Crippen LogP contribution in [0.1, 0.15) is 24.1 Å². The molecule has 1 aliphatic rings. The number of aryl methyl sites for hydroxylation is 1. The maximum Gasteiger partial charge on any atom is 0.219 e. The molecule has 1 aromatic heterocycles. The monoisotopic (exact) mass is 306 g/mol. The highest BCUT2D eigenvalue weighted by atomic mass is 35.5. The van der Waals surface area contributed by atoms with Crippen LogP contribution in [-0.4, -0.2) is 11.0 Å². The van der Waals surface area contributed by atoms with Crippen molar-refractivity contribution in [2.75, 3.05) is 0 Å². The van der Waals surface area contributed by atoms with Crippen LogP contribution in [0.15, 0.2) is 30.3 Å². The minimum absolute atomic E-state index is 0.0366. The molecule has 110 valence electrons. The molecule has 0 unspecified atom stereocenters. The lowest BCUT2D eigenvalue weighted by Gasteiger charge is -2.10. The Morgan fingerprint density at radius 2 is 2.14 bits per heavy atom. The van der Waals surface area contributed by atoms with Gasteiger partial charge in [0.1, 0.15) is 11.6 Å². The zero-order chi connectivity index (χ0) is 14.8. The Kier molecular flexibility index (Phi) is 4.08. The van der Waals surface area contributed by atoms with Crippen molar-refractivity contribution < 1.29 is 9.13 Å². The van der Waals surface area contributed by atoms with Gasteiger partial charge in [0.25, 0.3) is 0 Å². The molecule has 1 fully saturated rings. The van der Waals surface area contributed by atoms with Gasteiger partial charge in [0, 0.05) is 30.4 Å². The molecule has 21 heavy (non-hydrogen) atoms. The number of nitrogens with zero attached hydrogens (tertiary/aromatic N) is 1. The largest absolute Gasteiger partial charge is 0.439 e. The lowest BCUT2D eigenvalue weighted by molar-refractivity contribution is 0.459. The molecule has 0 radical (unpaired) electrons. The van der Waals surface area contributed by atoms with Gasteiger partial charge in [0.15, 0.2) is 0 Å². The lowest BCUT2D eigenvalue weighted by atomic mass is 10.2. The van der Waals surface area contributed by atoms with E-state index in [0.717, 1.165) is 17.8 Å².